The lowest BCUT2D eigenvalue weighted by molar-refractivity contribution is -0.140. The van der Waals surface area contributed by atoms with Gasteiger partial charge in [0.05, 0.1) is 5.92 Å². The van der Waals surface area contributed by atoms with Gasteiger partial charge >= 0.3 is 5.97 Å². The first kappa shape index (κ1) is 20.4. The van der Waals surface area contributed by atoms with Crippen LogP contribution in [0.3, 0.4) is 0 Å². The van der Waals surface area contributed by atoms with Crippen molar-refractivity contribution in [3.05, 3.63) is 12.7 Å². The van der Waals surface area contributed by atoms with Gasteiger partial charge in [0.1, 0.15) is 0 Å². The van der Waals surface area contributed by atoms with Gasteiger partial charge in [0.15, 0.2) is 0 Å². The van der Waals surface area contributed by atoms with Crippen LogP contribution in [0.4, 0.5) is 0 Å². The molecular formula is C18H36O2Si. The molecule has 1 N–H and O–H groups in total. The minimum absolute atomic E-state index is 0.347. The van der Waals surface area contributed by atoms with Gasteiger partial charge in [-0.05, 0) is 6.42 Å². The first-order valence-electron chi connectivity index (χ1n) is 9.07. The molecule has 1 atom stereocenters. The van der Waals surface area contributed by atoms with Crippen molar-refractivity contribution in [2.75, 3.05) is 0 Å². The summed E-state index contributed by atoms with van der Waals surface area (Å²) in [5, 5.41) is 8.89. The van der Waals surface area contributed by atoms with Crippen LogP contribution in [0, 0.1) is 5.92 Å². The second-order valence-electron chi connectivity index (χ2n) is 6.21. The number of rotatable bonds is 16. The van der Waals surface area contributed by atoms with Crippen molar-refractivity contribution < 1.29 is 9.90 Å². The van der Waals surface area contributed by atoms with Crippen LogP contribution >= 0.6 is 0 Å². The molecule has 0 saturated heterocycles. The molecule has 0 bridgehead atoms. The zero-order chi connectivity index (χ0) is 15.8. The van der Waals surface area contributed by atoms with Gasteiger partial charge in [-0.15, -0.1) is 6.58 Å². The highest BCUT2D eigenvalue weighted by Gasteiger charge is 2.11. The molecule has 124 valence electrons. The van der Waals surface area contributed by atoms with Gasteiger partial charge in [-0.1, -0.05) is 89.2 Å². The minimum Gasteiger partial charge on any atom is -0.481 e. The summed E-state index contributed by atoms with van der Waals surface area (Å²) < 4.78 is 0. The van der Waals surface area contributed by atoms with E-state index in [0.29, 0.717) is 0 Å². The average Bonchev–Trinajstić information content (AvgIpc) is 2.47. The lowest BCUT2D eigenvalue weighted by Crippen LogP contribution is -2.10. The molecule has 0 aliphatic heterocycles. The number of carboxylic acids is 1. The maximum atomic E-state index is 10.8. The molecule has 21 heavy (non-hydrogen) atoms. The van der Waals surface area contributed by atoms with Gasteiger partial charge in [-0.3, -0.25) is 4.79 Å². The van der Waals surface area contributed by atoms with E-state index in [1.807, 2.05) is 0 Å². The molecule has 0 aromatic carbocycles. The molecule has 0 fully saturated rings. The fourth-order valence-corrected chi connectivity index (χ4v) is 3.22. The van der Waals surface area contributed by atoms with Crippen LogP contribution in [-0.2, 0) is 4.79 Å². The Morgan fingerprint density at radius 1 is 0.857 bits per heavy atom. The molecule has 0 aromatic heterocycles. The van der Waals surface area contributed by atoms with Crippen LogP contribution in [0.5, 0.6) is 0 Å². The number of carboxylic acid groups (broad SMARTS) is 1. The van der Waals surface area contributed by atoms with Gasteiger partial charge in [0.25, 0.3) is 0 Å². The Labute approximate surface area is 134 Å². The predicted molar refractivity (Wildman–Crippen MR) is 96.1 cm³/mol. The third kappa shape index (κ3) is 14.1. The van der Waals surface area contributed by atoms with E-state index in [1.165, 1.54) is 80.5 Å². The average molecular weight is 313 g/mol. The molecular weight excluding hydrogens is 276 g/mol. The lowest BCUT2D eigenvalue weighted by Gasteiger charge is -2.06. The van der Waals surface area contributed by atoms with Crippen molar-refractivity contribution in [2.24, 2.45) is 5.92 Å². The van der Waals surface area contributed by atoms with Crippen LogP contribution in [-0.4, -0.2) is 21.3 Å². The van der Waals surface area contributed by atoms with Crippen molar-refractivity contribution in [1.29, 1.82) is 0 Å². The van der Waals surface area contributed by atoms with E-state index >= 15 is 0 Å². The summed E-state index contributed by atoms with van der Waals surface area (Å²) in [5.41, 5.74) is 0. The van der Waals surface area contributed by atoms with Crippen LogP contribution < -0.4 is 0 Å². The zero-order valence-electron chi connectivity index (χ0n) is 14.1. The Morgan fingerprint density at radius 2 is 1.24 bits per heavy atom. The first-order chi connectivity index (χ1) is 10.2. The number of unbranched alkanes of at least 4 members (excludes halogenated alkanes) is 11. The molecule has 0 heterocycles. The molecule has 3 heteroatoms. The van der Waals surface area contributed by atoms with E-state index in [9.17, 15) is 4.79 Å². The van der Waals surface area contributed by atoms with Crippen LogP contribution in [0.15, 0.2) is 12.7 Å². The Bertz CT molecular complexity index is 254. The van der Waals surface area contributed by atoms with Crippen molar-refractivity contribution >= 4 is 16.2 Å². The van der Waals surface area contributed by atoms with Gasteiger partial charge in [-0.2, -0.15) is 0 Å². The van der Waals surface area contributed by atoms with Gasteiger partial charge < -0.3 is 5.11 Å². The fraction of sp³-hybridized carbons (Fsp3) is 0.833. The molecule has 0 aliphatic rings. The largest absolute Gasteiger partial charge is 0.481 e. The van der Waals surface area contributed by atoms with Crippen LogP contribution in [0.2, 0.25) is 6.04 Å². The highest BCUT2D eigenvalue weighted by Crippen LogP contribution is 2.15. The van der Waals surface area contributed by atoms with Crippen LogP contribution in [0.25, 0.3) is 0 Å². The topological polar surface area (TPSA) is 37.3 Å². The summed E-state index contributed by atoms with van der Waals surface area (Å²) in [6, 6.07) is 1.47. The normalized spacial score (nSPS) is 12.4. The second-order valence-corrected chi connectivity index (χ2v) is 7.21. The fourth-order valence-electron chi connectivity index (χ4n) is 2.72. The molecule has 0 aromatic rings. The molecule has 2 nitrogen and oxygen atoms in total. The van der Waals surface area contributed by atoms with E-state index in [0.717, 1.165) is 19.3 Å². The van der Waals surface area contributed by atoms with E-state index in [4.69, 9.17) is 5.11 Å². The third-order valence-corrected chi connectivity index (χ3v) is 4.93. The van der Waals surface area contributed by atoms with E-state index in [-0.39, 0.29) is 5.92 Å². The summed E-state index contributed by atoms with van der Waals surface area (Å²) in [6.07, 6.45) is 18.4. The number of hydrogen-bond donors (Lipinski definition) is 1. The minimum atomic E-state index is -0.731. The monoisotopic (exact) mass is 312 g/mol. The summed E-state index contributed by atoms with van der Waals surface area (Å²) in [4.78, 5) is 10.8. The molecule has 0 amide bonds. The quantitative estimate of drug-likeness (QED) is 0.254. The Kier molecular flexibility index (Phi) is 15.4. The maximum Gasteiger partial charge on any atom is 0.310 e. The molecule has 0 aliphatic carbocycles. The predicted octanol–water partition coefficient (Wildman–Crippen LogP) is 4.73. The Balaban J connectivity index is 3.15. The maximum absolute atomic E-state index is 10.8. The summed E-state index contributed by atoms with van der Waals surface area (Å²) >= 11 is 0. The van der Waals surface area contributed by atoms with Crippen molar-refractivity contribution in [2.45, 2.75) is 89.5 Å². The zero-order valence-corrected chi connectivity index (χ0v) is 16.1. The smallest absolute Gasteiger partial charge is 0.310 e. The molecule has 0 spiro atoms. The third-order valence-electron chi connectivity index (χ3n) is 4.22. The van der Waals surface area contributed by atoms with Crippen LogP contribution in [0.1, 0.15) is 83.5 Å². The summed E-state index contributed by atoms with van der Waals surface area (Å²) in [5.74, 6) is -1.08. The second kappa shape index (κ2) is 15.8. The SMILES string of the molecule is C=CC(CCCCCCCCCCCCCC[SiH3])C(=O)O. The van der Waals surface area contributed by atoms with Gasteiger partial charge in [0.2, 0.25) is 0 Å². The van der Waals surface area contributed by atoms with Crippen molar-refractivity contribution in [1.82, 2.24) is 0 Å². The Morgan fingerprint density at radius 3 is 1.57 bits per heavy atom. The number of hydrogen-bond acceptors (Lipinski definition) is 1. The standard InChI is InChI=1S/C18H36O2Si/c1-2-17(18(19)20)15-13-11-9-7-5-3-4-6-8-10-12-14-16-21/h2,17H,1,3-16H2,21H3,(H,19,20). The summed E-state index contributed by atoms with van der Waals surface area (Å²) in [6.45, 7) is 3.58. The Hall–Kier alpha value is -0.573. The molecule has 0 radical (unpaired) electrons. The highest BCUT2D eigenvalue weighted by molar-refractivity contribution is 6.08. The van der Waals surface area contributed by atoms with E-state index in [2.05, 4.69) is 6.58 Å². The first-order valence-corrected chi connectivity index (χ1v) is 10.5. The van der Waals surface area contributed by atoms with Gasteiger partial charge in [-0.25, -0.2) is 0 Å². The molecule has 0 rings (SSSR count). The highest BCUT2D eigenvalue weighted by atomic mass is 28.1. The van der Waals surface area contributed by atoms with Crippen molar-refractivity contribution in [3.63, 3.8) is 0 Å². The molecule has 1 unspecified atom stereocenters. The molecule has 0 saturated carbocycles. The lowest BCUT2D eigenvalue weighted by atomic mass is 10.00. The summed E-state index contributed by atoms with van der Waals surface area (Å²) in [7, 11) is 1.37. The number of carbonyl (C=O) groups is 1. The van der Waals surface area contributed by atoms with Crippen molar-refractivity contribution in [3.8, 4) is 0 Å². The van der Waals surface area contributed by atoms with E-state index in [1.54, 1.807) is 6.08 Å². The van der Waals surface area contributed by atoms with Gasteiger partial charge in [0, 0.05) is 10.2 Å². The van der Waals surface area contributed by atoms with E-state index < -0.39 is 5.97 Å². The number of aliphatic carboxylic acids is 1.